The lowest BCUT2D eigenvalue weighted by molar-refractivity contribution is 0.0989. The van der Waals surface area contributed by atoms with Gasteiger partial charge in [0.2, 0.25) is 0 Å². The maximum atomic E-state index is 13.2. The highest BCUT2D eigenvalue weighted by atomic mass is 32.2. The van der Waals surface area contributed by atoms with Crippen molar-refractivity contribution < 1.29 is 4.79 Å². The number of aromatic nitrogens is 2. The van der Waals surface area contributed by atoms with Crippen LogP contribution < -0.4 is 0 Å². The van der Waals surface area contributed by atoms with Crippen LogP contribution >= 0.6 is 11.8 Å². The average Bonchev–Trinajstić information content (AvgIpc) is 3.08. The number of carbonyl (C=O) groups excluding carboxylic acids is 1. The fourth-order valence-electron chi connectivity index (χ4n) is 3.07. The third kappa shape index (κ3) is 3.67. The number of fused-ring (bicyclic) bond motifs is 1. The van der Waals surface area contributed by atoms with E-state index in [0.29, 0.717) is 5.56 Å². The van der Waals surface area contributed by atoms with Gasteiger partial charge in [-0.1, -0.05) is 72.4 Å². The van der Waals surface area contributed by atoms with Crippen LogP contribution in [0.2, 0.25) is 0 Å². The summed E-state index contributed by atoms with van der Waals surface area (Å²) < 4.78 is 0. The highest BCUT2D eigenvalue weighted by molar-refractivity contribution is 8.00. The minimum Gasteiger partial charge on any atom is -0.333 e. The van der Waals surface area contributed by atoms with Crippen molar-refractivity contribution >= 4 is 28.6 Å². The molecule has 1 N–H and O–H groups in total. The average molecular weight is 372 g/mol. The van der Waals surface area contributed by atoms with Gasteiger partial charge in [-0.25, -0.2) is 4.98 Å². The van der Waals surface area contributed by atoms with E-state index in [9.17, 15) is 4.79 Å². The number of hydrogen-bond acceptors (Lipinski definition) is 3. The Morgan fingerprint density at radius 2 is 1.56 bits per heavy atom. The summed E-state index contributed by atoms with van der Waals surface area (Å²) in [7, 11) is 0. The van der Waals surface area contributed by atoms with Gasteiger partial charge < -0.3 is 4.98 Å². The predicted molar refractivity (Wildman–Crippen MR) is 111 cm³/mol. The van der Waals surface area contributed by atoms with Crippen molar-refractivity contribution in [3.63, 3.8) is 0 Å². The van der Waals surface area contributed by atoms with Gasteiger partial charge in [0, 0.05) is 5.56 Å². The van der Waals surface area contributed by atoms with Gasteiger partial charge in [0.15, 0.2) is 10.9 Å². The van der Waals surface area contributed by atoms with Gasteiger partial charge >= 0.3 is 0 Å². The molecule has 0 radical (unpaired) electrons. The van der Waals surface area contributed by atoms with Crippen LogP contribution in [0.3, 0.4) is 0 Å². The molecule has 4 rings (SSSR count). The minimum absolute atomic E-state index is 0.0830. The van der Waals surface area contributed by atoms with Gasteiger partial charge in [-0.2, -0.15) is 0 Å². The van der Waals surface area contributed by atoms with Crippen molar-refractivity contribution in [2.75, 3.05) is 0 Å². The smallest absolute Gasteiger partial charge is 0.180 e. The third-order valence-corrected chi connectivity index (χ3v) is 5.84. The number of aromatic amines is 1. The molecule has 3 nitrogen and oxygen atoms in total. The summed E-state index contributed by atoms with van der Waals surface area (Å²) in [5.74, 6) is 0.0830. The van der Waals surface area contributed by atoms with Crippen molar-refractivity contribution in [3.05, 3.63) is 95.1 Å². The number of Topliss-reactive ketones (excluding diaryl/α,β-unsaturated/α-hetero) is 1. The molecule has 134 valence electrons. The fourth-order valence-corrected chi connectivity index (χ4v) is 4.15. The van der Waals surface area contributed by atoms with E-state index in [-0.39, 0.29) is 11.0 Å². The molecule has 27 heavy (non-hydrogen) atoms. The predicted octanol–water partition coefficient (Wildman–Crippen LogP) is 5.90. The first-order valence-corrected chi connectivity index (χ1v) is 9.77. The van der Waals surface area contributed by atoms with Crippen LogP contribution in [0.15, 0.2) is 78.0 Å². The number of hydrogen-bond donors (Lipinski definition) is 1. The van der Waals surface area contributed by atoms with Gasteiger partial charge in [0.1, 0.15) is 5.25 Å². The minimum atomic E-state index is -0.351. The molecule has 0 bridgehead atoms. The number of thioether (sulfide) groups is 1. The first-order chi connectivity index (χ1) is 13.1. The molecule has 0 spiro atoms. The largest absolute Gasteiger partial charge is 0.333 e. The van der Waals surface area contributed by atoms with Gasteiger partial charge in [-0.3, -0.25) is 4.79 Å². The summed E-state index contributed by atoms with van der Waals surface area (Å²) in [5.41, 5.74) is 6.05. The Bertz CT molecular complexity index is 1050. The van der Waals surface area contributed by atoms with Crippen LogP contribution in [0.25, 0.3) is 11.0 Å². The Morgan fingerprint density at radius 1 is 0.926 bits per heavy atom. The Hall–Kier alpha value is -2.85. The lowest BCUT2D eigenvalue weighted by Gasteiger charge is -2.14. The maximum Gasteiger partial charge on any atom is 0.180 e. The molecular formula is C23H20N2OS. The van der Waals surface area contributed by atoms with Crippen molar-refractivity contribution in [2.24, 2.45) is 0 Å². The maximum absolute atomic E-state index is 13.2. The highest BCUT2D eigenvalue weighted by Crippen LogP contribution is 2.37. The molecular weight excluding hydrogens is 352 g/mol. The summed E-state index contributed by atoms with van der Waals surface area (Å²) in [6.45, 7) is 4.18. The van der Waals surface area contributed by atoms with Crippen molar-refractivity contribution in [3.8, 4) is 0 Å². The zero-order valence-electron chi connectivity index (χ0n) is 15.3. The summed E-state index contributed by atoms with van der Waals surface area (Å²) in [6, 6.07) is 23.5. The molecule has 3 aromatic carbocycles. The molecule has 4 heteroatoms. The van der Waals surface area contributed by atoms with Gasteiger partial charge in [-0.05, 0) is 42.7 Å². The van der Waals surface area contributed by atoms with E-state index in [1.165, 1.54) is 22.9 Å². The van der Waals surface area contributed by atoms with Gasteiger partial charge in [-0.15, -0.1) is 0 Å². The number of benzene rings is 3. The third-order valence-electron chi connectivity index (χ3n) is 4.70. The Labute approximate surface area is 162 Å². The molecule has 0 saturated heterocycles. The second-order valence-electron chi connectivity index (χ2n) is 6.63. The summed E-state index contributed by atoms with van der Waals surface area (Å²) in [4.78, 5) is 21.3. The van der Waals surface area contributed by atoms with Crippen LogP contribution in [0.1, 0.15) is 32.3 Å². The highest BCUT2D eigenvalue weighted by Gasteiger charge is 2.24. The molecule has 1 aromatic heterocycles. The van der Waals surface area contributed by atoms with Crippen molar-refractivity contribution in [2.45, 2.75) is 24.3 Å². The Kier molecular flexibility index (Phi) is 4.82. The number of nitrogens with one attached hydrogen (secondary N) is 1. The molecule has 1 heterocycles. The zero-order chi connectivity index (χ0) is 18.8. The molecule has 1 atom stereocenters. The Balaban J connectivity index is 1.72. The monoisotopic (exact) mass is 372 g/mol. The molecule has 0 aliphatic heterocycles. The molecule has 0 aliphatic carbocycles. The van der Waals surface area contributed by atoms with E-state index >= 15 is 0 Å². The SMILES string of the molecule is Cc1cc2nc(SC(C(=O)c3ccccc3)c3ccccc3)[nH]c2cc1C. The van der Waals surface area contributed by atoms with Crippen LogP contribution in [-0.2, 0) is 0 Å². The number of ketones is 1. The first-order valence-electron chi connectivity index (χ1n) is 8.89. The van der Waals surface area contributed by atoms with Crippen LogP contribution in [-0.4, -0.2) is 15.8 Å². The molecule has 0 fully saturated rings. The van der Waals surface area contributed by atoms with E-state index < -0.39 is 0 Å². The first kappa shape index (κ1) is 17.6. The van der Waals surface area contributed by atoms with Crippen molar-refractivity contribution in [1.29, 1.82) is 0 Å². The van der Waals surface area contributed by atoms with Crippen LogP contribution in [0, 0.1) is 13.8 Å². The molecule has 0 saturated carbocycles. The summed E-state index contributed by atoms with van der Waals surface area (Å²) >= 11 is 1.47. The zero-order valence-corrected chi connectivity index (χ0v) is 16.1. The number of H-pyrrole nitrogens is 1. The normalized spacial score (nSPS) is 12.2. The molecule has 0 aliphatic rings. The molecule has 0 amide bonds. The number of nitrogens with zero attached hydrogens (tertiary/aromatic N) is 1. The second-order valence-corrected chi connectivity index (χ2v) is 7.73. The van der Waals surface area contributed by atoms with Gasteiger partial charge in [0.05, 0.1) is 11.0 Å². The van der Waals surface area contributed by atoms with E-state index in [4.69, 9.17) is 4.98 Å². The number of imidazole rings is 1. The Morgan fingerprint density at radius 3 is 2.26 bits per heavy atom. The lowest BCUT2D eigenvalue weighted by Crippen LogP contribution is -2.10. The molecule has 1 unspecified atom stereocenters. The van der Waals surface area contributed by atoms with Crippen LogP contribution in [0.4, 0.5) is 0 Å². The number of rotatable bonds is 5. The van der Waals surface area contributed by atoms with E-state index in [2.05, 4.69) is 31.0 Å². The fraction of sp³-hybridized carbons (Fsp3) is 0.130. The second kappa shape index (κ2) is 7.41. The lowest BCUT2D eigenvalue weighted by atomic mass is 10.0. The van der Waals surface area contributed by atoms with E-state index in [1.807, 2.05) is 60.7 Å². The van der Waals surface area contributed by atoms with Gasteiger partial charge in [0.25, 0.3) is 0 Å². The summed E-state index contributed by atoms with van der Waals surface area (Å²) in [6.07, 6.45) is 0. The molecule has 4 aromatic rings. The van der Waals surface area contributed by atoms with Crippen molar-refractivity contribution in [1.82, 2.24) is 9.97 Å². The quantitative estimate of drug-likeness (QED) is 0.351. The standard InChI is InChI=1S/C23H20N2OS/c1-15-13-19-20(14-16(15)2)25-23(24-19)27-22(18-11-7-4-8-12-18)21(26)17-9-5-3-6-10-17/h3-14,22H,1-2H3,(H,24,25). The topological polar surface area (TPSA) is 45.8 Å². The number of aryl methyl sites for hydroxylation is 2. The van der Waals surface area contributed by atoms with E-state index in [1.54, 1.807) is 0 Å². The van der Waals surface area contributed by atoms with Crippen LogP contribution in [0.5, 0.6) is 0 Å². The van der Waals surface area contributed by atoms with E-state index in [0.717, 1.165) is 21.8 Å². The number of carbonyl (C=O) groups is 1. The summed E-state index contributed by atoms with van der Waals surface area (Å²) in [5, 5.41) is 0.407.